The summed E-state index contributed by atoms with van der Waals surface area (Å²) >= 11 is 0. The number of carboxylic acid groups (broad SMARTS) is 1. The van der Waals surface area contributed by atoms with Gasteiger partial charge in [-0.1, -0.05) is 0 Å². The normalized spacial score (nSPS) is 29.8. The Bertz CT molecular complexity index is 177. The highest BCUT2D eigenvalue weighted by Crippen LogP contribution is 2.13. The summed E-state index contributed by atoms with van der Waals surface area (Å²) in [5, 5.41) is 11.5. The number of nitrogens with zero attached hydrogens (tertiary/aromatic N) is 1. The SMILES string of the molecule is CN(C(=O)O)[C@@H]1CCNC[C@@H]1F. The van der Waals surface area contributed by atoms with E-state index in [0.717, 1.165) is 4.90 Å². The molecule has 0 spiro atoms. The first-order valence-corrected chi connectivity index (χ1v) is 3.93. The topological polar surface area (TPSA) is 52.6 Å². The van der Waals surface area contributed by atoms with Crippen LogP contribution in [-0.4, -0.2) is 48.5 Å². The highest BCUT2D eigenvalue weighted by molar-refractivity contribution is 5.65. The largest absolute Gasteiger partial charge is 0.465 e. The molecule has 0 aromatic rings. The number of hydrogen-bond acceptors (Lipinski definition) is 2. The van der Waals surface area contributed by atoms with Gasteiger partial charge >= 0.3 is 6.09 Å². The number of halogens is 1. The van der Waals surface area contributed by atoms with Crippen LogP contribution in [0.2, 0.25) is 0 Å². The van der Waals surface area contributed by atoms with Gasteiger partial charge in [0.05, 0.1) is 6.04 Å². The van der Waals surface area contributed by atoms with Crippen LogP contribution in [0.5, 0.6) is 0 Å². The molecule has 0 aliphatic carbocycles. The first-order chi connectivity index (χ1) is 5.63. The van der Waals surface area contributed by atoms with Gasteiger partial charge in [0.2, 0.25) is 0 Å². The Hall–Kier alpha value is -0.840. The minimum Gasteiger partial charge on any atom is -0.465 e. The molecule has 12 heavy (non-hydrogen) atoms. The number of carbonyl (C=O) groups is 1. The molecule has 4 nitrogen and oxygen atoms in total. The quantitative estimate of drug-likeness (QED) is 0.604. The second-order valence-electron chi connectivity index (χ2n) is 2.97. The van der Waals surface area contributed by atoms with Gasteiger partial charge in [-0.3, -0.25) is 0 Å². The van der Waals surface area contributed by atoms with E-state index in [1.807, 2.05) is 0 Å². The zero-order chi connectivity index (χ0) is 9.14. The molecule has 5 heteroatoms. The highest BCUT2D eigenvalue weighted by atomic mass is 19.1. The van der Waals surface area contributed by atoms with Crippen LogP contribution in [0.1, 0.15) is 6.42 Å². The van der Waals surface area contributed by atoms with Crippen LogP contribution >= 0.6 is 0 Å². The Kier molecular flexibility index (Phi) is 2.86. The van der Waals surface area contributed by atoms with Gasteiger partial charge in [-0.25, -0.2) is 9.18 Å². The summed E-state index contributed by atoms with van der Waals surface area (Å²) in [4.78, 5) is 11.5. The minimum atomic E-state index is -1.08. The van der Waals surface area contributed by atoms with E-state index >= 15 is 0 Å². The Labute approximate surface area is 70.4 Å². The Morgan fingerprint density at radius 1 is 1.75 bits per heavy atom. The van der Waals surface area contributed by atoms with E-state index in [2.05, 4.69) is 5.32 Å². The third-order valence-corrected chi connectivity index (χ3v) is 2.17. The molecule has 0 saturated carbocycles. The van der Waals surface area contributed by atoms with Crippen molar-refractivity contribution in [3.05, 3.63) is 0 Å². The van der Waals surface area contributed by atoms with E-state index in [9.17, 15) is 9.18 Å². The van der Waals surface area contributed by atoms with Crippen LogP contribution in [0, 0.1) is 0 Å². The molecular formula is C7H13FN2O2. The molecule has 1 fully saturated rings. The van der Waals surface area contributed by atoms with E-state index in [-0.39, 0.29) is 6.54 Å². The summed E-state index contributed by atoms with van der Waals surface area (Å²) in [6, 6.07) is -0.483. The summed E-state index contributed by atoms with van der Waals surface area (Å²) < 4.78 is 13.1. The summed E-state index contributed by atoms with van der Waals surface area (Å²) in [5.74, 6) is 0. The third-order valence-electron chi connectivity index (χ3n) is 2.17. The van der Waals surface area contributed by atoms with E-state index in [1.165, 1.54) is 7.05 Å². The molecule has 0 bridgehead atoms. The van der Waals surface area contributed by atoms with E-state index < -0.39 is 18.3 Å². The van der Waals surface area contributed by atoms with Crippen LogP contribution in [-0.2, 0) is 0 Å². The average Bonchev–Trinajstić information content (AvgIpc) is 2.04. The lowest BCUT2D eigenvalue weighted by atomic mass is 10.0. The number of piperidine rings is 1. The van der Waals surface area contributed by atoms with Gasteiger partial charge in [0.15, 0.2) is 0 Å². The summed E-state index contributed by atoms with van der Waals surface area (Å²) in [5.41, 5.74) is 0. The molecular weight excluding hydrogens is 163 g/mol. The summed E-state index contributed by atoms with van der Waals surface area (Å²) in [6.45, 7) is 0.936. The summed E-state index contributed by atoms with van der Waals surface area (Å²) in [7, 11) is 1.41. The number of alkyl halides is 1. The molecule has 0 aromatic heterocycles. The van der Waals surface area contributed by atoms with Gasteiger partial charge in [-0.2, -0.15) is 0 Å². The van der Waals surface area contributed by atoms with Gasteiger partial charge in [0.1, 0.15) is 6.17 Å². The second kappa shape index (κ2) is 3.71. The molecule has 1 aliphatic rings. The molecule has 2 atom stereocenters. The maximum Gasteiger partial charge on any atom is 0.407 e. The fourth-order valence-corrected chi connectivity index (χ4v) is 1.38. The molecule has 1 amide bonds. The first kappa shape index (κ1) is 9.25. The molecule has 1 heterocycles. The fraction of sp³-hybridized carbons (Fsp3) is 0.857. The molecule has 0 unspecified atom stereocenters. The molecule has 0 radical (unpaired) electrons. The van der Waals surface area contributed by atoms with Crippen molar-refractivity contribution in [3.63, 3.8) is 0 Å². The predicted molar refractivity (Wildman–Crippen MR) is 42.0 cm³/mol. The van der Waals surface area contributed by atoms with E-state index in [1.54, 1.807) is 0 Å². The average molecular weight is 176 g/mol. The Morgan fingerprint density at radius 2 is 2.42 bits per heavy atom. The maximum absolute atomic E-state index is 13.1. The van der Waals surface area contributed by atoms with Gasteiger partial charge < -0.3 is 15.3 Å². The van der Waals surface area contributed by atoms with Crippen molar-refractivity contribution in [2.45, 2.75) is 18.6 Å². The van der Waals surface area contributed by atoms with Gasteiger partial charge in [0.25, 0.3) is 0 Å². The van der Waals surface area contributed by atoms with Gasteiger partial charge in [-0.05, 0) is 13.0 Å². The molecule has 1 aliphatic heterocycles. The number of hydrogen-bond donors (Lipinski definition) is 2. The van der Waals surface area contributed by atoms with Crippen molar-refractivity contribution in [2.24, 2.45) is 0 Å². The summed E-state index contributed by atoms with van der Waals surface area (Å²) in [6.07, 6.45) is -1.60. The zero-order valence-electron chi connectivity index (χ0n) is 6.96. The smallest absolute Gasteiger partial charge is 0.407 e. The lowest BCUT2D eigenvalue weighted by Gasteiger charge is -2.32. The molecule has 1 saturated heterocycles. The molecule has 1 rings (SSSR count). The molecule has 2 N–H and O–H groups in total. The van der Waals surface area contributed by atoms with Crippen molar-refractivity contribution in [3.8, 4) is 0 Å². The lowest BCUT2D eigenvalue weighted by molar-refractivity contribution is 0.0894. The number of rotatable bonds is 1. The zero-order valence-corrected chi connectivity index (χ0v) is 6.96. The maximum atomic E-state index is 13.1. The Balaban J connectivity index is 2.53. The molecule has 70 valence electrons. The lowest BCUT2D eigenvalue weighted by Crippen LogP contribution is -2.51. The van der Waals surface area contributed by atoms with Crippen molar-refractivity contribution >= 4 is 6.09 Å². The monoisotopic (exact) mass is 176 g/mol. The van der Waals surface area contributed by atoms with Crippen LogP contribution in [0.15, 0.2) is 0 Å². The van der Waals surface area contributed by atoms with Crippen LogP contribution < -0.4 is 5.32 Å². The van der Waals surface area contributed by atoms with Crippen LogP contribution in [0.4, 0.5) is 9.18 Å². The second-order valence-corrected chi connectivity index (χ2v) is 2.97. The van der Waals surface area contributed by atoms with Gasteiger partial charge in [0, 0.05) is 13.6 Å². The standard InChI is InChI=1S/C7H13FN2O2/c1-10(7(11)12)6-2-3-9-4-5(6)8/h5-6,9H,2-4H2,1H3,(H,11,12)/t5-,6+/m0/s1. The van der Waals surface area contributed by atoms with Crippen LogP contribution in [0.25, 0.3) is 0 Å². The first-order valence-electron chi connectivity index (χ1n) is 3.93. The fourth-order valence-electron chi connectivity index (χ4n) is 1.38. The number of nitrogens with one attached hydrogen (secondary N) is 1. The van der Waals surface area contributed by atoms with E-state index in [0.29, 0.717) is 13.0 Å². The third kappa shape index (κ3) is 1.85. The highest BCUT2D eigenvalue weighted by Gasteiger charge is 2.30. The van der Waals surface area contributed by atoms with Crippen molar-refractivity contribution in [2.75, 3.05) is 20.1 Å². The number of amides is 1. The van der Waals surface area contributed by atoms with Crippen LogP contribution in [0.3, 0.4) is 0 Å². The van der Waals surface area contributed by atoms with Gasteiger partial charge in [-0.15, -0.1) is 0 Å². The predicted octanol–water partition coefficient (Wildman–Crippen LogP) is 0.296. The minimum absolute atomic E-state index is 0.252. The van der Waals surface area contributed by atoms with E-state index in [4.69, 9.17) is 5.11 Å². The van der Waals surface area contributed by atoms with Crippen molar-refractivity contribution < 1.29 is 14.3 Å². The van der Waals surface area contributed by atoms with Crippen molar-refractivity contribution in [1.82, 2.24) is 10.2 Å². The Morgan fingerprint density at radius 3 is 2.92 bits per heavy atom. The van der Waals surface area contributed by atoms with Crippen molar-refractivity contribution in [1.29, 1.82) is 0 Å². The molecule has 0 aromatic carbocycles.